The molecule has 8 heteroatoms. The molecular weight excluding hydrogens is 329 g/mol. The van der Waals surface area contributed by atoms with Crippen molar-refractivity contribution in [3.05, 3.63) is 45.8 Å². The molecule has 0 saturated heterocycles. The van der Waals surface area contributed by atoms with Gasteiger partial charge in [0, 0.05) is 30.2 Å². The van der Waals surface area contributed by atoms with E-state index in [1.165, 1.54) is 23.2 Å². The number of thiophene rings is 1. The summed E-state index contributed by atoms with van der Waals surface area (Å²) >= 11 is 1.69. The summed E-state index contributed by atoms with van der Waals surface area (Å²) in [4.78, 5) is 19.2. The van der Waals surface area contributed by atoms with E-state index >= 15 is 0 Å². The van der Waals surface area contributed by atoms with E-state index in [9.17, 15) is 18.0 Å². The fraction of sp³-hybridized carbons (Fsp3) is 0.333. The molecule has 0 saturated carbocycles. The lowest BCUT2D eigenvalue weighted by Gasteiger charge is -2.27. The van der Waals surface area contributed by atoms with E-state index < -0.39 is 12.8 Å². The molecule has 0 unspecified atom stereocenters. The minimum Gasteiger partial charge on any atom is -0.468 e. The molecular formula is C15H13F3N2O2S. The van der Waals surface area contributed by atoms with E-state index in [0.29, 0.717) is 18.7 Å². The summed E-state index contributed by atoms with van der Waals surface area (Å²) in [5.41, 5.74) is 1.48. The number of carbonyl (C=O) groups excluding carboxylic acids is 1. The molecule has 0 aliphatic carbocycles. The maximum Gasteiger partial charge on any atom is 0.422 e. The molecule has 122 valence electrons. The van der Waals surface area contributed by atoms with Crippen molar-refractivity contribution in [3.63, 3.8) is 0 Å². The first kappa shape index (κ1) is 15.8. The standard InChI is InChI=1S/C15H13F3N2O2S/c16-15(17,18)9-22-13-2-1-10(7-19-13)14(21)20-5-3-12-11(8-20)4-6-23-12/h1-2,4,6-7H,3,5,8-9H2. The molecule has 1 aliphatic rings. The van der Waals surface area contributed by atoms with Crippen LogP contribution < -0.4 is 4.74 Å². The van der Waals surface area contributed by atoms with Crippen LogP contribution in [-0.4, -0.2) is 35.1 Å². The van der Waals surface area contributed by atoms with Gasteiger partial charge in [0.05, 0.1) is 5.56 Å². The van der Waals surface area contributed by atoms with Gasteiger partial charge in [-0.3, -0.25) is 4.79 Å². The third kappa shape index (κ3) is 3.82. The zero-order valence-electron chi connectivity index (χ0n) is 12.0. The van der Waals surface area contributed by atoms with E-state index in [1.54, 1.807) is 16.2 Å². The van der Waals surface area contributed by atoms with Crippen LogP contribution >= 0.6 is 11.3 Å². The Morgan fingerprint density at radius 3 is 2.87 bits per heavy atom. The molecule has 2 aromatic rings. The lowest BCUT2D eigenvalue weighted by molar-refractivity contribution is -0.154. The second-order valence-corrected chi connectivity index (χ2v) is 6.14. The van der Waals surface area contributed by atoms with Gasteiger partial charge in [-0.05, 0) is 29.5 Å². The molecule has 0 spiro atoms. The predicted molar refractivity (Wildman–Crippen MR) is 78.6 cm³/mol. The number of rotatable bonds is 3. The third-order valence-electron chi connectivity index (χ3n) is 3.46. The van der Waals surface area contributed by atoms with Gasteiger partial charge in [0.2, 0.25) is 5.88 Å². The normalized spacial score (nSPS) is 14.5. The molecule has 0 radical (unpaired) electrons. The van der Waals surface area contributed by atoms with Crippen LogP contribution in [-0.2, 0) is 13.0 Å². The van der Waals surface area contributed by atoms with Gasteiger partial charge >= 0.3 is 6.18 Å². The zero-order valence-corrected chi connectivity index (χ0v) is 12.8. The summed E-state index contributed by atoms with van der Waals surface area (Å²) in [6.07, 6.45) is -2.35. The van der Waals surface area contributed by atoms with Crippen LogP contribution in [0, 0.1) is 0 Å². The first-order valence-corrected chi connectivity index (χ1v) is 7.80. The smallest absolute Gasteiger partial charge is 0.422 e. The van der Waals surface area contributed by atoms with Gasteiger partial charge in [-0.25, -0.2) is 4.98 Å². The minimum atomic E-state index is -4.41. The second-order valence-electron chi connectivity index (χ2n) is 5.13. The van der Waals surface area contributed by atoms with E-state index in [1.807, 2.05) is 11.4 Å². The summed E-state index contributed by atoms with van der Waals surface area (Å²) in [6, 6.07) is 4.72. The van der Waals surface area contributed by atoms with Gasteiger partial charge in [0.15, 0.2) is 6.61 Å². The van der Waals surface area contributed by atoms with E-state index in [0.717, 1.165) is 12.0 Å². The van der Waals surface area contributed by atoms with Crippen molar-refractivity contribution in [1.29, 1.82) is 0 Å². The topological polar surface area (TPSA) is 42.4 Å². The number of halogens is 3. The summed E-state index contributed by atoms with van der Waals surface area (Å²) in [7, 11) is 0. The van der Waals surface area contributed by atoms with Crippen molar-refractivity contribution in [3.8, 4) is 5.88 Å². The highest BCUT2D eigenvalue weighted by atomic mass is 32.1. The number of alkyl halides is 3. The summed E-state index contributed by atoms with van der Waals surface area (Å²) in [5.74, 6) is -0.339. The van der Waals surface area contributed by atoms with Crippen molar-refractivity contribution in [2.24, 2.45) is 0 Å². The van der Waals surface area contributed by atoms with E-state index in [2.05, 4.69) is 9.72 Å². The maximum absolute atomic E-state index is 12.4. The van der Waals surface area contributed by atoms with Gasteiger partial charge in [-0.15, -0.1) is 11.3 Å². The first-order valence-electron chi connectivity index (χ1n) is 6.92. The van der Waals surface area contributed by atoms with Crippen molar-refractivity contribution >= 4 is 17.2 Å². The number of nitrogens with zero attached hydrogens (tertiary/aromatic N) is 2. The Morgan fingerprint density at radius 1 is 1.35 bits per heavy atom. The molecule has 3 heterocycles. The van der Waals surface area contributed by atoms with Crippen LogP contribution in [0.3, 0.4) is 0 Å². The minimum absolute atomic E-state index is 0.155. The first-order chi connectivity index (χ1) is 10.9. The quantitative estimate of drug-likeness (QED) is 0.860. The highest BCUT2D eigenvalue weighted by Crippen LogP contribution is 2.25. The Bertz CT molecular complexity index is 697. The molecule has 3 rings (SSSR count). The fourth-order valence-corrected chi connectivity index (χ4v) is 3.24. The molecule has 4 nitrogen and oxygen atoms in total. The Kier molecular flexibility index (Phi) is 4.25. The van der Waals surface area contributed by atoms with Gasteiger partial charge in [0.1, 0.15) is 0 Å². The van der Waals surface area contributed by atoms with Crippen LogP contribution in [0.1, 0.15) is 20.8 Å². The average molecular weight is 342 g/mol. The molecule has 0 fully saturated rings. The summed E-state index contributed by atoms with van der Waals surface area (Å²) in [5, 5.41) is 2.01. The largest absolute Gasteiger partial charge is 0.468 e. The number of carbonyl (C=O) groups is 1. The SMILES string of the molecule is O=C(c1ccc(OCC(F)(F)F)nc1)N1CCc2sccc2C1. The summed E-state index contributed by atoms with van der Waals surface area (Å²) < 4.78 is 40.7. The second kappa shape index (κ2) is 6.19. The lowest BCUT2D eigenvalue weighted by Crippen LogP contribution is -2.35. The number of ether oxygens (including phenoxy) is 1. The number of hydrogen-bond donors (Lipinski definition) is 0. The van der Waals surface area contributed by atoms with Crippen LogP contribution in [0.5, 0.6) is 5.88 Å². The van der Waals surface area contributed by atoms with Gasteiger partial charge in [0.25, 0.3) is 5.91 Å². The molecule has 2 aromatic heterocycles. The fourth-order valence-electron chi connectivity index (χ4n) is 2.35. The number of aromatic nitrogens is 1. The molecule has 1 amide bonds. The molecule has 1 aliphatic heterocycles. The Morgan fingerprint density at radius 2 is 2.17 bits per heavy atom. The van der Waals surface area contributed by atoms with Crippen molar-refractivity contribution in [1.82, 2.24) is 9.88 Å². The van der Waals surface area contributed by atoms with E-state index in [-0.39, 0.29) is 11.8 Å². The van der Waals surface area contributed by atoms with Crippen LogP contribution in [0.4, 0.5) is 13.2 Å². The number of amides is 1. The Labute approximate surface area is 134 Å². The van der Waals surface area contributed by atoms with Gasteiger partial charge < -0.3 is 9.64 Å². The predicted octanol–water partition coefficient (Wildman–Crippen LogP) is 3.28. The summed E-state index contributed by atoms with van der Waals surface area (Å²) in [6.45, 7) is -0.233. The highest BCUT2D eigenvalue weighted by Gasteiger charge is 2.28. The van der Waals surface area contributed by atoms with Gasteiger partial charge in [-0.1, -0.05) is 0 Å². The molecule has 0 atom stereocenters. The molecule has 0 N–H and O–H groups in total. The maximum atomic E-state index is 12.4. The van der Waals surface area contributed by atoms with Gasteiger partial charge in [-0.2, -0.15) is 13.2 Å². The van der Waals surface area contributed by atoms with E-state index in [4.69, 9.17) is 0 Å². The lowest BCUT2D eigenvalue weighted by atomic mass is 10.1. The zero-order chi connectivity index (χ0) is 16.4. The van der Waals surface area contributed by atoms with Crippen LogP contribution in [0.2, 0.25) is 0 Å². The Balaban J connectivity index is 1.64. The number of fused-ring (bicyclic) bond motifs is 1. The van der Waals surface area contributed by atoms with Crippen LogP contribution in [0.25, 0.3) is 0 Å². The number of hydrogen-bond acceptors (Lipinski definition) is 4. The van der Waals surface area contributed by atoms with Crippen molar-refractivity contribution in [2.45, 2.75) is 19.1 Å². The average Bonchev–Trinajstić information content (AvgIpc) is 2.99. The van der Waals surface area contributed by atoms with Crippen LogP contribution in [0.15, 0.2) is 29.8 Å². The molecule has 0 aromatic carbocycles. The molecule has 23 heavy (non-hydrogen) atoms. The Hall–Kier alpha value is -2.09. The van der Waals surface area contributed by atoms with Crippen molar-refractivity contribution in [2.75, 3.05) is 13.2 Å². The monoisotopic (exact) mass is 342 g/mol. The molecule has 0 bridgehead atoms. The van der Waals surface area contributed by atoms with Crippen molar-refractivity contribution < 1.29 is 22.7 Å². The third-order valence-corrected chi connectivity index (χ3v) is 4.48. The highest BCUT2D eigenvalue weighted by molar-refractivity contribution is 7.10. The number of pyridine rings is 1.